The fraction of sp³-hybridized carbons (Fsp3) is 0.778. The molecular formula is C9H17NO2S. The first-order valence-corrected chi connectivity index (χ1v) is 5.80. The van der Waals surface area contributed by atoms with Crippen molar-refractivity contribution in [1.82, 2.24) is 0 Å². The molecule has 76 valence electrons. The lowest BCUT2D eigenvalue weighted by molar-refractivity contribution is 0.297. The van der Waals surface area contributed by atoms with Gasteiger partial charge >= 0.3 is 0 Å². The summed E-state index contributed by atoms with van der Waals surface area (Å²) in [6.45, 7) is 4.19. The Morgan fingerprint density at radius 2 is 2.31 bits per heavy atom. The Balaban J connectivity index is 2.79. The van der Waals surface area contributed by atoms with Gasteiger partial charge in [-0.15, -0.1) is 0 Å². The van der Waals surface area contributed by atoms with E-state index in [9.17, 15) is 4.55 Å². The molecule has 0 aromatic carbocycles. The van der Waals surface area contributed by atoms with E-state index in [4.69, 9.17) is 10.2 Å². The van der Waals surface area contributed by atoms with Gasteiger partial charge in [0.15, 0.2) is 5.25 Å². The van der Waals surface area contributed by atoms with E-state index >= 15 is 0 Å². The molecule has 0 amide bonds. The number of rotatable bonds is 2. The molecule has 0 aromatic heterocycles. The standard InChI is InChI=1S/C9H17NO2S/c1-6-3-7(2)9(13(10)12)4-8(6)5-11/h4,6-7,9,11H,3,5,10H2,1-2H3. The molecule has 4 heteroatoms. The molecule has 0 bridgehead atoms. The third kappa shape index (κ3) is 2.47. The number of hydrogen-bond acceptors (Lipinski definition) is 3. The fourth-order valence-corrected chi connectivity index (χ4v) is 2.77. The minimum atomic E-state index is -1.31. The zero-order valence-corrected chi connectivity index (χ0v) is 8.88. The maximum Gasteiger partial charge on any atom is 0.156 e. The highest BCUT2D eigenvalue weighted by molar-refractivity contribution is 7.89. The van der Waals surface area contributed by atoms with Gasteiger partial charge in [-0.05, 0) is 24.0 Å². The van der Waals surface area contributed by atoms with Crippen LogP contribution in [0.1, 0.15) is 20.3 Å². The van der Waals surface area contributed by atoms with E-state index < -0.39 is 11.4 Å². The summed E-state index contributed by atoms with van der Waals surface area (Å²) in [5.74, 6) is 0.732. The zero-order chi connectivity index (χ0) is 10.0. The minimum absolute atomic E-state index is 0.0571. The van der Waals surface area contributed by atoms with Crippen molar-refractivity contribution in [3.63, 3.8) is 0 Å². The van der Waals surface area contributed by atoms with Crippen LogP contribution in [0.4, 0.5) is 0 Å². The number of hydrogen-bond donors (Lipinski definition) is 2. The van der Waals surface area contributed by atoms with Crippen molar-refractivity contribution in [2.45, 2.75) is 25.5 Å². The van der Waals surface area contributed by atoms with Crippen molar-refractivity contribution in [1.29, 1.82) is 0 Å². The lowest BCUT2D eigenvalue weighted by Gasteiger charge is -2.30. The van der Waals surface area contributed by atoms with Crippen LogP contribution in [0, 0.1) is 11.8 Å². The molecule has 1 aliphatic carbocycles. The predicted molar refractivity (Wildman–Crippen MR) is 54.2 cm³/mol. The van der Waals surface area contributed by atoms with Crippen molar-refractivity contribution in [2.24, 2.45) is 17.0 Å². The Kier molecular flexibility index (Phi) is 3.79. The van der Waals surface area contributed by atoms with Crippen LogP contribution >= 0.6 is 0 Å². The van der Waals surface area contributed by atoms with E-state index in [1.807, 2.05) is 6.08 Å². The van der Waals surface area contributed by atoms with E-state index in [1.54, 1.807) is 0 Å². The van der Waals surface area contributed by atoms with E-state index in [1.165, 1.54) is 0 Å². The monoisotopic (exact) mass is 203 g/mol. The molecule has 0 spiro atoms. The topological polar surface area (TPSA) is 69.3 Å². The Bertz CT molecular complexity index is 206. The smallest absolute Gasteiger partial charge is 0.156 e. The molecule has 0 saturated carbocycles. The second-order valence-corrected chi connectivity index (χ2v) is 5.01. The quantitative estimate of drug-likeness (QED) is 0.509. The van der Waals surface area contributed by atoms with Crippen LogP contribution in [0.3, 0.4) is 0 Å². The molecule has 0 fully saturated rings. The summed E-state index contributed by atoms with van der Waals surface area (Å²) in [5, 5.41) is 14.3. The van der Waals surface area contributed by atoms with Gasteiger partial charge in [-0.3, -0.25) is 0 Å². The number of aliphatic hydroxyl groups is 1. The average molecular weight is 203 g/mol. The molecule has 4 atom stereocenters. The van der Waals surface area contributed by atoms with Gasteiger partial charge in [0.2, 0.25) is 0 Å². The van der Waals surface area contributed by atoms with E-state index in [0.717, 1.165) is 12.0 Å². The largest absolute Gasteiger partial charge is 0.598 e. The molecular weight excluding hydrogens is 186 g/mol. The first kappa shape index (κ1) is 11.0. The molecule has 1 aliphatic rings. The zero-order valence-electron chi connectivity index (χ0n) is 8.06. The van der Waals surface area contributed by atoms with E-state index in [2.05, 4.69) is 13.8 Å². The van der Waals surface area contributed by atoms with Crippen LogP contribution in [-0.2, 0) is 11.4 Å². The Labute approximate surface area is 82.3 Å². The number of aliphatic hydroxyl groups excluding tert-OH is 1. The van der Waals surface area contributed by atoms with Gasteiger partial charge in [-0.25, -0.2) is 0 Å². The van der Waals surface area contributed by atoms with Crippen LogP contribution in [0.15, 0.2) is 11.6 Å². The minimum Gasteiger partial charge on any atom is -0.598 e. The summed E-state index contributed by atoms with van der Waals surface area (Å²) in [4.78, 5) is 0. The van der Waals surface area contributed by atoms with Gasteiger partial charge < -0.3 is 9.66 Å². The van der Waals surface area contributed by atoms with Gasteiger partial charge in [-0.1, -0.05) is 13.8 Å². The lowest BCUT2D eigenvalue weighted by Crippen LogP contribution is -2.36. The lowest BCUT2D eigenvalue weighted by atomic mass is 9.83. The third-order valence-electron chi connectivity index (χ3n) is 2.75. The molecule has 0 saturated heterocycles. The van der Waals surface area contributed by atoms with E-state index in [0.29, 0.717) is 11.8 Å². The average Bonchev–Trinajstić information content (AvgIpc) is 2.03. The maximum absolute atomic E-state index is 11.1. The summed E-state index contributed by atoms with van der Waals surface area (Å²) >= 11 is -1.31. The van der Waals surface area contributed by atoms with Crippen molar-refractivity contribution in [3.8, 4) is 0 Å². The summed E-state index contributed by atoms with van der Waals surface area (Å²) in [6, 6.07) is 0. The highest BCUT2D eigenvalue weighted by Gasteiger charge is 2.32. The second-order valence-electron chi connectivity index (χ2n) is 3.81. The Morgan fingerprint density at radius 3 is 2.77 bits per heavy atom. The normalized spacial score (nSPS) is 37.0. The van der Waals surface area contributed by atoms with Crippen LogP contribution < -0.4 is 5.14 Å². The molecule has 3 nitrogen and oxygen atoms in total. The van der Waals surface area contributed by atoms with Gasteiger partial charge in [0.25, 0.3) is 0 Å². The molecule has 13 heavy (non-hydrogen) atoms. The molecule has 3 N–H and O–H groups in total. The van der Waals surface area contributed by atoms with Crippen molar-refractivity contribution < 1.29 is 9.66 Å². The highest BCUT2D eigenvalue weighted by atomic mass is 32.2. The summed E-state index contributed by atoms with van der Waals surface area (Å²) < 4.78 is 11.1. The summed E-state index contributed by atoms with van der Waals surface area (Å²) in [5.41, 5.74) is 0.974. The number of nitrogens with two attached hydrogens (primary N) is 1. The first-order chi connectivity index (χ1) is 6.06. The first-order valence-electron chi connectivity index (χ1n) is 4.52. The van der Waals surface area contributed by atoms with Gasteiger partial charge in [0, 0.05) is 17.3 Å². The predicted octanol–water partition coefficient (Wildman–Crippen LogP) is 0.572. The molecule has 0 aliphatic heterocycles. The maximum atomic E-state index is 11.1. The van der Waals surface area contributed by atoms with Crippen LogP contribution in [0.5, 0.6) is 0 Å². The SMILES string of the molecule is CC1CC(C)C([S+](N)[O-])C=C1CO. The van der Waals surface area contributed by atoms with Crippen molar-refractivity contribution in [3.05, 3.63) is 11.6 Å². The van der Waals surface area contributed by atoms with Crippen LogP contribution in [0.2, 0.25) is 0 Å². The Hall–Kier alpha value is -0.0300. The van der Waals surface area contributed by atoms with Crippen molar-refractivity contribution in [2.75, 3.05) is 6.61 Å². The Morgan fingerprint density at radius 1 is 1.69 bits per heavy atom. The summed E-state index contributed by atoms with van der Waals surface area (Å²) in [7, 11) is 0. The van der Waals surface area contributed by atoms with Crippen molar-refractivity contribution >= 4 is 11.4 Å². The van der Waals surface area contributed by atoms with Crippen LogP contribution in [0.25, 0.3) is 0 Å². The van der Waals surface area contributed by atoms with Gasteiger partial charge in [0.05, 0.1) is 6.61 Å². The summed E-state index contributed by atoms with van der Waals surface area (Å²) in [6.07, 6.45) is 2.84. The molecule has 0 radical (unpaired) electrons. The highest BCUT2D eigenvalue weighted by Crippen LogP contribution is 2.31. The molecule has 1 rings (SSSR count). The molecule has 0 heterocycles. The van der Waals surface area contributed by atoms with Gasteiger partial charge in [0.1, 0.15) is 0 Å². The van der Waals surface area contributed by atoms with Crippen LogP contribution in [-0.4, -0.2) is 21.5 Å². The van der Waals surface area contributed by atoms with E-state index in [-0.39, 0.29) is 11.9 Å². The molecule has 4 unspecified atom stereocenters. The van der Waals surface area contributed by atoms with Gasteiger partial charge in [-0.2, -0.15) is 5.14 Å². The second kappa shape index (κ2) is 4.46. The molecule has 0 aromatic rings. The third-order valence-corrected chi connectivity index (χ3v) is 3.89. The fourth-order valence-electron chi connectivity index (χ4n) is 1.89.